The Labute approximate surface area is 171 Å². The topological polar surface area (TPSA) is 91.0 Å². The second-order valence-electron chi connectivity index (χ2n) is 7.85. The normalized spacial score (nSPS) is 23.1. The van der Waals surface area contributed by atoms with Crippen LogP contribution in [0.3, 0.4) is 0 Å². The van der Waals surface area contributed by atoms with Crippen molar-refractivity contribution in [2.24, 2.45) is 0 Å². The van der Waals surface area contributed by atoms with Crippen LogP contribution < -0.4 is 15.5 Å². The fourth-order valence-electron chi connectivity index (χ4n) is 3.70. The number of nitrogens with one attached hydrogen (secondary N) is 2. The summed E-state index contributed by atoms with van der Waals surface area (Å²) in [5.74, 6) is -0.742. The van der Waals surface area contributed by atoms with Gasteiger partial charge in [0.2, 0.25) is 5.91 Å². The number of benzene rings is 1. The van der Waals surface area contributed by atoms with E-state index in [1.807, 2.05) is 31.2 Å². The highest BCUT2D eigenvalue weighted by molar-refractivity contribution is 6.11. The number of imide groups is 1. The number of urea groups is 1. The van der Waals surface area contributed by atoms with Gasteiger partial charge in [-0.25, -0.2) is 9.69 Å². The molecule has 0 unspecified atom stereocenters. The lowest BCUT2D eigenvalue weighted by Crippen LogP contribution is -2.48. The van der Waals surface area contributed by atoms with Crippen LogP contribution in [0.15, 0.2) is 24.3 Å². The van der Waals surface area contributed by atoms with Gasteiger partial charge in [0.25, 0.3) is 5.91 Å². The van der Waals surface area contributed by atoms with Crippen LogP contribution in [0.4, 0.5) is 16.2 Å². The molecule has 1 aromatic carbocycles. The molecule has 2 atom stereocenters. The highest BCUT2D eigenvalue weighted by Crippen LogP contribution is 2.26. The maximum atomic E-state index is 12.8. The minimum atomic E-state index is -0.943. The Morgan fingerprint density at radius 1 is 1.24 bits per heavy atom. The van der Waals surface area contributed by atoms with Gasteiger partial charge in [-0.2, -0.15) is 0 Å². The van der Waals surface area contributed by atoms with Gasteiger partial charge in [-0.15, -0.1) is 0 Å². The van der Waals surface area contributed by atoms with Crippen molar-refractivity contribution in [3.63, 3.8) is 0 Å². The molecular formula is C21H30N4O4. The van der Waals surface area contributed by atoms with E-state index in [9.17, 15) is 14.4 Å². The number of nitrogens with zero attached hydrogens (tertiary/aromatic N) is 2. The maximum Gasteiger partial charge on any atom is 0.325 e. The third kappa shape index (κ3) is 4.53. The van der Waals surface area contributed by atoms with Crippen LogP contribution in [0.25, 0.3) is 0 Å². The molecule has 2 N–H and O–H groups in total. The van der Waals surface area contributed by atoms with Gasteiger partial charge in [0.1, 0.15) is 11.6 Å². The van der Waals surface area contributed by atoms with E-state index in [1.54, 1.807) is 13.8 Å². The molecule has 29 heavy (non-hydrogen) atoms. The van der Waals surface area contributed by atoms with E-state index in [0.717, 1.165) is 36.5 Å². The van der Waals surface area contributed by atoms with Crippen molar-refractivity contribution >= 4 is 29.2 Å². The average molecular weight is 402 g/mol. The second kappa shape index (κ2) is 8.82. The lowest BCUT2D eigenvalue weighted by Gasteiger charge is -2.29. The minimum Gasteiger partial charge on any atom is -0.378 e. The number of carbonyl (C=O) groups excluding carboxylic acids is 3. The molecule has 2 heterocycles. The number of hydrogen-bond donors (Lipinski definition) is 2. The lowest BCUT2D eigenvalue weighted by molar-refractivity contribution is -0.136. The standard InChI is InChI=1S/C21H30N4O4/c1-4-5-10-21(3)19(27)25(20(28)23-21)15(2)18(26)22-16-6-8-17(9-7-16)24-11-13-29-14-12-24/h6-9,15H,4-5,10-14H2,1-3H3,(H,22,26)(H,23,28)/t15-,21+/m1/s1. The number of carbonyl (C=O) groups is 3. The zero-order valence-electron chi connectivity index (χ0n) is 17.4. The number of amides is 4. The van der Waals surface area contributed by atoms with Crippen LogP contribution in [-0.2, 0) is 14.3 Å². The largest absolute Gasteiger partial charge is 0.378 e. The molecule has 0 radical (unpaired) electrons. The molecule has 8 heteroatoms. The summed E-state index contributed by atoms with van der Waals surface area (Å²) >= 11 is 0. The summed E-state index contributed by atoms with van der Waals surface area (Å²) in [6, 6.07) is 6.13. The molecular weight excluding hydrogens is 372 g/mol. The summed E-state index contributed by atoms with van der Waals surface area (Å²) in [6.45, 7) is 8.41. The van der Waals surface area contributed by atoms with E-state index in [0.29, 0.717) is 25.3 Å². The van der Waals surface area contributed by atoms with Crippen LogP contribution in [0, 0.1) is 0 Å². The van der Waals surface area contributed by atoms with Crippen molar-refractivity contribution in [2.75, 3.05) is 36.5 Å². The summed E-state index contributed by atoms with van der Waals surface area (Å²) in [5.41, 5.74) is 0.751. The zero-order valence-corrected chi connectivity index (χ0v) is 17.4. The number of ether oxygens (including phenoxy) is 1. The Balaban J connectivity index is 1.63. The number of rotatable bonds is 7. The van der Waals surface area contributed by atoms with Crippen LogP contribution in [0.1, 0.15) is 40.0 Å². The number of unbranched alkanes of at least 4 members (excludes halogenated alkanes) is 1. The van der Waals surface area contributed by atoms with Crippen LogP contribution in [0.2, 0.25) is 0 Å². The molecule has 0 aromatic heterocycles. The Kier molecular flexibility index (Phi) is 6.42. The molecule has 2 aliphatic heterocycles. The van der Waals surface area contributed by atoms with Crippen LogP contribution in [0.5, 0.6) is 0 Å². The zero-order chi connectivity index (χ0) is 21.0. The molecule has 2 aliphatic rings. The second-order valence-corrected chi connectivity index (χ2v) is 7.85. The van der Waals surface area contributed by atoms with Crippen molar-refractivity contribution in [3.05, 3.63) is 24.3 Å². The molecule has 0 saturated carbocycles. The van der Waals surface area contributed by atoms with Gasteiger partial charge >= 0.3 is 6.03 Å². The molecule has 4 amide bonds. The van der Waals surface area contributed by atoms with Gasteiger partial charge in [0.05, 0.1) is 13.2 Å². The van der Waals surface area contributed by atoms with E-state index in [-0.39, 0.29) is 5.91 Å². The first-order chi connectivity index (χ1) is 13.9. The van der Waals surface area contributed by atoms with E-state index in [4.69, 9.17) is 4.74 Å². The predicted molar refractivity (Wildman–Crippen MR) is 111 cm³/mol. The third-order valence-corrected chi connectivity index (χ3v) is 5.60. The van der Waals surface area contributed by atoms with E-state index < -0.39 is 23.5 Å². The molecule has 2 fully saturated rings. The van der Waals surface area contributed by atoms with Gasteiger partial charge < -0.3 is 20.3 Å². The van der Waals surface area contributed by atoms with Crippen molar-refractivity contribution in [3.8, 4) is 0 Å². The molecule has 8 nitrogen and oxygen atoms in total. The first-order valence-electron chi connectivity index (χ1n) is 10.2. The van der Waals surface area contributed by atoms with Gasteiger partial charge in [0.15, 0.2) is 0 Å². The molecule has 0 spiro atoms. The fourth-order valence-corrected chi connectivity index (χ4v) is 3.70. The number of hydrogen-bond acceptors (Lipinski definition) is 5. The minimum absolute atomic E-state index is 0.346. The average Bonchev–Trinajstić information content (AvgIpc) is 2.95. The monoisotopic (exact) mass is 402 g/mol. The Hall–Kier alpha value is -2.61. The Bertz CT molecular complexity index is 760. The summed E-state index contributed by atoms with van der Waals surface area (Å²) < 4.78 is 5.36. The molecule has 2 saturated heterocycles. The maximum absolute atomic E-state index is 12.8. The van der Waals surface area contributed by atoms with E-state index in [2.05, 4.69) is 15.5 Å². The summed E-state index contributed by atoms with van der Waals surface area (Å²) in [5, 5.41) is 5.55. The highest BCUT2D eigenvalue weighted by Gasteiger charge is 2.50. The Morgan fingerprint density at radius 2 is 1.90 bits per heavy atom. The van der Waals surface area contributed by atoms with E-state index in [1.165, 1.54) is 0 Å². The van der Waals surface area contributed by atoms with Crippen LogP contribution in [-0.4, -0.2) is 60.6 Å². The molecule has 1 aromatic rings. The smallest absolute Gasteiger partial charge is 0.325 e. The summed E-state index contributed by atoms with van der Waals surface area (Å²) in [4.78, 5) is 41.1. The molecule has 0 bridgehead atoms. The quantitative estimate of drug-likeness (QED) is 0.683. The lowest BCUT2D eigenvalue weighted by atomic mass is 9.95. The molecule has 158 valence electrons. The number of morpholine rings is 1. The third-order valence-electron chi connectivity index (χ3n) is 5.60. The SMILES string of the molecule is CCCC[C@]1(C)NC(=O)N([C@H](C)C(=O)Nc2ccc(N3CCOCC3)cc2)C1=O. The van der Waals surface area contributed by atoms with Crippen molar-refractivity contribution in [2.45, 2.75) is 51.6 Å². The molecule has 3 rings (SSSR count). The summed E-state index contributed by atoms with van der Waals surface area (Å²) in [7, 11) is 0. The predicted octanol–water partition coefficient (Wildman–Crippen LogP) is 2.35. The van der Waals surface area contributed by atoms with E-state index >= 15 is 0 Å². The first-order valence-corrected chi connectivity index (χ1v) is 10.2. The van der Waals surface area contributed by atoms with Gasteiger partial charge in [-0.1, -0.05) is 19.8 Å². The highest BCUT2D eigenvalue weighted by atomic mass is 16.5. The molecule has 0 aliphatic carbocycles. The fraction of sp³-hybridized carbons (Fsp3) is 0.571. The number of anilines is 2. The van der Waals surface area contributed by atoms with Gasteiger partial charge in [0, 0.05) is 24.5 Å². The summed E-state index contributed by atoms with van der Waals surface area (Å²) in [6.07, 6.45) is 2.31. The van der Waals surface area contributed by atoms with Gasteiger partial charge in [-0.3, -0.25) is 9.59 Å². The van der Waals surface area contributed by atoms with Crippen molar-refractivity contribution in [1.29, 1.82) is 0 Å². The van der Waals surface area contributed by atoms with Crippen LogP contribution >= 0.6 is 0 Å². The van der Waals surface area contributed by atoms with Crippen molar-refractivity contribution < 1.29 is 19.1 Å². The van der Waals surface area contributed by atoms with Crippen molar-refractivity contribution in [1.82, 2.24) is 10.2 Å². The van der Waals surface area contributed by atoms with Gasteiger partial charge in [-0.05, 0) is 44.5 Å². The first kappa shape index (κ1) is 21.1. The Morgan fingerprint density at radius 3 is 2.52 bits per heavy atom.